The lowest BCUT2D eigenvalue weighted by atomic mass is 10.0. The first-order valence-electron chi connectivity index (χ1n) is 8.89. The quantitative estimate of drug-likeness (QED) is 0.876. The van der Waals surface area contributed by atoms with Gasteiger partial charge in [-0.1, -0.05) is 19.0 Å². The van der Waals surface area contributed by atoms with Crippen LogP contribution >= 0.6 is 0 Å². The average Bonchev–Trinajstić information content (AvgIpc) is 3.05. The van der Waals surface area contributed by atoms with Gasteiger partial charge in [-0.25, -0.2) is 8.78 Å². The number of halogens is 2. The molecule has 26 heavy (non-hydrogen) atoms. The fourth-order valence-corrected chi connectivity index (χ4v) is 3.18. The van der Waals surface area contributed by atoms with Gasteiger partial charge in [0.1, 0.15) is 5.76 Å². The van der Waals surface area contributed by atoms with Crippen LogP contribution in [0.3, 0.4) is 0 Å². The molecule has 2 aromatic rings. The Labute approximate surface area is 151 Å². The molecule has 1 aliphatic heterocycles. The van der Waals surface area contributed by atoms with Crippen LogP contribution < -0.4 is 5.32 Å². The van der Waals surface area contributed by atoms with E-state index in [1.165, 1.54) is 6.07 Å². The Morgan fingerprint density at radius 2 is 2.15 bits per heavy atom. The van der Waals surface area contributed by atoms with E-state index in [2.05, 4.69) is 24.3 Å². The Bertz CT molecular complexity index is 776. The predicted octanol–water partition coefficient (Wildman–Crippen LogP) is 3.87. The van der Waals surface area contributed by atoms with Gasteiger partial charge in [0.2, 0.25) is 0 Å². The third-order valence-electron chi connectivity index (χ3n) is 4.39. The molecular formula is C19H23F2N3O2. The van der Waals surface area contributed by atoms with Crippen molar-refractivity contribution in [1.29, 1.82) is 0 Å². The highest BCUT2D eigenvalue weighted by Gasteiger charge is 2.26. The minimum atomic E-state index is -0.890. The van der Waals surface area contributed by atoms with Crippen molar-refractivity contribution in [3.8, 4) is 0 Å². The van der Waals surface area contributed by atoms with Crippen molar-refractivity contribution >= 4 is 11.6 Å². The molecule has 1 aliphatic rings. The number of nitrogens with one attached hydrogen (secondary N) is 1. The first-order chi connectivity index (χ1) is 12.4. The zero-order valence-corrected chi connectivity index (χ0v) is 15.0. The SMILES string of the molecule is CC(C)Cc1cc(C(=O)N2CCCC(Nc3ccc(F)c(F)c3)C2)no1. The number of carbonyl (C=O) groups is 1. The monoisotopic (exact) mass is 363 g/mol. The fraction of sp³-hybridized carbons (Fsp3) is 0.474. The summed E-state index contributed by atoms with van der Waals surface area (Å²) in [5.74, 6) is -0.804. The molecule has 1 amide bonds. The summed E-state index contributed by atoms with van der Waals surface area (Å²) in [5, 5.41) is 7.07. The van der Waals surface area contributed by atoms with E-state index in [9.17, 15) is 13.6 Å². The molecule has 0 spiro atoms. The van der Waals surface area contributed by atoms with Crippen molar-refractivity contribution in [3.05, 3.63) is 47.4 Å². The van der Waals surface area contributed by atoms with E-state index < -0.39 is 11.6 Å². The number of piperidine rings is 1. The summed E-state index contributed by atoms with van der Waals surface area (Å²) in [4.78, 5) is 14.4. The molecule has 1 N–H and O–H groups in total. The largest absolute Gasteiger partial charge is 0.380 e. The Balaban J connectivity index is 1.63. The molecule has 2 heterocycles. The first kappa shape index (κ1) is 18.4. The molecule has 3 rings (SSSR count). The summed E-state index contributed by atoms with van der Waals surface area (Å²) in [5.41, 5.74) is 0.818. The Kier molecular flexibility index (Phi) is 5.54. The van der Waals surface area contributed by atoms with Gasteiger partial charge in [0.15, 0.2) is 17.3 Å². The van der Waals surface area contributed by atoms with Crippen LogP contribution in [0.4, 0.5) is 14.5 Å². The number of rotatable bonds is 5. The summed E-state index contributed by atoms with van der Waals surface area (Å²) in [6.07, 6.45) is 2.41. The van der Waals surface area contributed by atoms with Crippen molar-refractivity contribution in [2.75, 3.05) is 18.4 Å². The molecule has 1 fully saturated rings. The second-order valence-electron chi connectivity index (χ2n) is 7.14. The van der Waals surface area contributed by atoms with Crippen LogP contribution in [-0.4, -0.2) is 35.1 Å². The second-order valence-corrected chi connectivity index (χ2v) is 7.14. The molecule has 1 atom stereocenters. The van der Waals surface area contributed by atoms with E-state index in [1.54, 1.807) is 11.0 Å². The summed E-state index contributed by atoms with van der Waals surface area (Å²) in [7, 11) is 0. The zero-order valence-electron chi connectivity index (χ0n) is 15.0. The van der Waals surface area contributed by atoms with Crippen LogP contribution in [0.5, 0.6) is 0 Å². The lowest BCUT2D eigenvalue weighted by Crippen LogP contribution is -2.45. The third kappa shape index (κ3) is 4.39. The molecule has 0 bridgehead atoms. The molecular weight excluding hydrogens is 340 g/mol. The van der Waals surface area contributed by atoms with Crippen LogP contribution in [0.15, 0.2) is 28.8 Å². The smallest absolute Gasteiger partial charge is 0.276 e. The van der Waals surface area contributed by atoms with E-state index in [0.717, 1.165) is 31.4 Å². The van der Waals surface area contributed by atoms with Crippen molar-refractivity contribution in [2.24, 2.45) is 5.92 Å². The van der Waals surface area contributed by atoms with E-state index in [-0.39, 0.29) is 11.9 Å². The van der Waals surface area contributed by atoms with Crippen LogP contribution in [0.2, 0.25) is 0 Å². The first-order valence-corrected chi connectivity index (χ1v) is 8.89. The highest BCUT2D eigenvalue weighted by atomic mass is 19.2. The Morgan fingerprint density at radius 1 is 1.35 bits per heavy atom. The molecule has 1 unspecified atom stereocenters. The lowest BCUT2D eigenvalue weighted by molar-refractivity contribution is 0.0704. The predicted molar refractivity (Wildman–Crippen MR) is 94.0 cm³/mol. The number of carbonyl (C=O) groups excluding carboxylic acids is 1. The van der Waals surface area contributed by atoms with Gasteiger partial charge in [-0.2, -0.15) is 0 Å². The summed E-state index contributed by atoms with van der Waals surface area (Å²) in [6.45, 7) is 5.26. The van der Waals surface area contributed by atoms with E-state index >= 15 is 0 Å². The number of nitrogens with zero attached hydrogens (tertiary/aromatic N) is 2. The Morgan fingerprint density at radius 3 is 2.88 bits per heavy atom. The highest BCUT2D eigenvalue weighted by molar-refractivity contribution is 5.92. The normalized spacial score (nSPS) is 17.6. The Hall–Kier alpha value is -2.44. The van der Waals surface area contributed by atoms with Gasteiger partial charge in [0, 0.05) is 43.4 Å². The number of amides is 1. The lowest BCUT2D eigenvalue weighted by Gasteiger charge is -2.33. The molecule has 7 heteroatoms. The second kappa shape index (κ2) is 7.85. The maximum Gasteiger partial charge on any atom is 0.276 e. The number of aromatic nitrogens is 1. The van der Waals surface area contributed by atoms with Crippen LogP contribution in [0.1, 0.15) is 42.9 Å². The van der Waals surface area contributed by atoms with Gasteiger partial charge in [-0.3, -0.25) is 4.79 Å². The van der Waals surface area contributed by atoms with Gasteiger partial charge in [0.25, 0.3) is 5.91 Å². The molecule has 0 aliphatic carbocycles. The van der Waals surface area contributed by atoms with E-state index in [0.29, 0.717) is 36.1 Å². The number of hydrogen-bond acceptors (Lipinski definition) is 4. The standard InChI is InChI=1S/C19H23F2N3O2/c1-12(2)8-15-10-18(23-26-15)19(25)24-7-3-4-14(11-24)22-13-5-6-16(20)17(21)9-13/h5-6,9-10,12,14,22H,3-4,7-8,11H2,1-2H3. The third-order valence-corrected chi connectivity index (χ3v) is 4.39. The maximum atomic E-state index is 13.4. The van der Waals surface area contributed by atoms with Crippen molar-refractivity contribution in [3.63, 3.8) is 0 Å². The number of anilines is 1. The van der Waals surface area contributed by atoms with Crippen LogP contribution in [-0.2, 0) is 6.42 Å². The molecule has 0 saturated carbocycles. The van der Waals surface area contributed by atoms with E-state index in [4.69, 9.17) is 4.52 Å². The van der Waals surface area contributed by atoms with Gasteiger partial charge < -0.3 is 14.7 Å². The minimum Gasteiger partial charge on any atom is -0.380 e. The van der Waals surface area contributed by atoms with Gasteiger partial charge in [-0.05, 0) is 30.9 Å². The van der Waals surface area contributed by atoms with Crippen LogP contribution in [0.25, 0.3) is 0 Å². The number of hydrogen-bond donors (Lipinski definition) is 1. The zero-order chi connectivity index (χ0) is 18.7. The molecule has 140 valence electrons. The molecule has 5 nitrogen and oxygen atoms in total. The van der Waals surface area contributed by atoms with Gasteiger partial charge >= 0.3 is 0 Å². The van der Waals surface area contributed by atoms with Gasteiger partial charge in [0.05, 0.1) is 0 Å². The summed E-state index contributed by atoms with van der Waals surface area (Å²) in [6, 6.07) is 5.39. The molecule has 0 radical (unpaired) electrons. The summed E-state index contributed by atoms with van der Waals surface area (Å²) < 4.78 is 31.6. The van der Waals surface area contributed by atoms with Crippen LogP contribution in [0, 0.1) is 17.6 Å². The highest BCUT2D eigenvalue weighted by Crippen LogP contribution is 2.20. The number of benzene rings is 1. The van der Waals surface area contributed by atoms with Gasteiger partial charge in [-0.15, -0.1) is 0 Å². The van der Waals surface area contributed by atoms with E-state index in [1.807, 2.05) is 0 Å². The number of likely N-dealkylation sites (tertiary alicyclic amines) is 1. The van der Waals surface area contributed by atoms with Crippen molar-refractivity contribution in [1.82, 2.24) is 10.1 Å². The molecule has 1 saturated heterocycles. The van der Waals surface area contributed by atoms with Crippen molar-refractivity contribution < 1.29 is 18.1 Å². The average molecular weight is 363 g/mol. The van der Waals surface area contributed by atoms with Crippen molar-refractivity contribution in [2.45, 2.75) is 39.2 Å². The summed E-state index contributed by atoms with van der Waals surface area (Å²) >= 11 is 0. The fourth-order valence-electron chi connectivity index (χ4n) is 3.18. The minimum absolute atomic E-state index is 0.0282. The molecule has 1 aromatic heterocycles. The molecule has 1 aromatic carbocycles. The maximum absolute atomic E-state index is 13.4. The topological polar surface area (TPSA) is 58.4 Å².